The van der Waals surface area contributed by atoms with Gasteiger partial charge in [-0.3, -0.25) is 0 Å². The van der Waals surface area contributed by atoms with Crippen molar-refractivity contribution < 1.29 is 19.4 Å². The van der Waals surface area contributed by atoms with E-state index in [1.54, 1.807) is 0 Å². The number of aliphatic hydroxyl groups excluding tert-OH is 1. The van der Waals surface area contributed by atoms with E-state index >= 15 is 0 Å². The van der Waals surface area contributed by atoms with Crippen LogP contribution < -0.4 is 10.1 Å². The van der Waals surface area contributed by atoms with E-state index in [9.17, 15) is 9.90 Å². The number of benzene rings is 1. The van der Waals surface area contributed by atoms with Crippen molar-refractivity contribution in [2.45, 2.75) is 146 Å². The van der Waals surface area contributed by atoms with E-state index in [0.29, 0.717) is 6.42 Å². The van der Waals surface area contributed by atoms with Gasteiger partial charge in [-0.15, -0.1) is 0 Å². The molecule has 0 radical (unpaired) electrons. The molecule has 1 amide bonds. The molecule has 0 aliphatic carbocycles. The van der Waals surface area contributed by atoms with Gasteiger partial charge in [-0.2, -0.15) is 0 Å². The summed E-state index contributed by atoms with van der Waals surface area (Å²) < 4.78 is 11.1. The van der Waals surface area contributed by atoms with Gasteiger partial charge in [0.05, 0.1) is 18.8 Å². The summed E-state index contributed by atoms with van der Waals surface area (Å²) in [7, 11) is 0. The highest BCUT2D eigenvalue weighted by Crippen LogP contribution is 2.18. The molecule has 1 atom stereocenters. The van der Waals surface area contributed by atoms with E-state index < -0.39 is 17.2 Å². The molecule has 0 aliphatic heterocycles. The smallest absolute Gasteiger partial charge is 0.408 e. The van der Waals surface area contributed by atoms with Crippen molar-refractivity contribution in [3.8, 4) is 5.75 Å². The molecule has 5 nitrogen and oxygen atoms in total. The third-order valence-electron chi connectivity index (χ3n) is 4.56. The van der Waals surface area contributed by atoms with Gasteiger partial charge in [0.15, 0.2) is 0 Å². The molecule has 216 valence electrons. The predicted octanol–water partition coefficient (Wildman–Crippen LogP) is 9.35. The zero-order valence-electron chi connectivity index (χ0n) is 26.3. The number of carbonyl (C=O) groups excluding carboxylic acids is 1. The topological polar surface area (TPSA) is 67.8 Å². The molecule has 0 saturated carbocycles. The summed E-state index contributed by atoms with van der Waals surface area (Å²) in [5.41, 5.74) is -0.150. The van der Waals surface area contributed by atoms with Gasteiger partial charge in [0.25, 0.3) is 0 Å². The Morgan fingerprint density at radius 2 is 1.33 bits per heavy atom. The van der Waals surface area contributed by atoms with Crippen molar-refractivity contribution in [1.82, 2.24) is 5.32 Å². The Morgan fingerprint density at radius 1 is 0.833 bits per heavy atom. The number of carbonyl (C=O) groups is 1. The third kappa shape index (κ3) is 25.3. The van der Waals surface area contributed by atoms with Crippen LogP contribution >= 0.6 is 0 Å². The molecule has 5 heteroatoms. The molecular weight excluding hydrogens is 450 g/mol. The highest BCUT2D eigenvalue weighted by Gasteiger charge is 2.28. The Hall–Kier alpha value is -1.75. The van der Waals surface area contributed by atoms with Crippen molar-refractivity contribution in [1.29, 1.82) is 0 Å². The Bertz CT molecular complexity index is 567. The maximum atomic E-state index is 12.0. The fourth-order valence-electron chi connectivity index (χ4n) is 2.80. The Balaban J connectivity index is -0.000000579. The molecule has 36 heavy (non-hydrogen) atoms. The minimum atomic E-state index is -0.726. The minimum absolute atomic E-state index is 0.147. The van der Waals surface area contributed by atoms with Crippen LogP contribution in [-0.4, -0.2) is 35.6 Å². The van der Waals surface area contributed by atoms with Crippen LogP contribution in [0.5, 0.6) is 5.75 Å². The number of aryl methyl sites for hydroxylation is 1. The van der Waals surface area contributed by atoms with Gasteiger partial charge >= 0.3 is 6.09 Å². The summed E-state index contributed by atoms with van der Waals surface area (Å²) in [5, 5.41) is 12.5. The van der Waals surface area contributed by atoms with Crippen LogP contribution in [0.2, 0.25) is 0 Å². The predicted molar refractivity (Wildman–Crippen MR) is 159 cm³/mol. The van der Waals surface area contributed by atoms with Crippen molar-refractivity contribution in [2.24, 2.45) is 0 Å². The number of alkyl carbamates (subject to hydrolysis) is 1. The number of rotatable bonds is 12. The first-order valence-electron chi connectivity index (χ1n) is 14.5. The zero-order chi connectivity index (χ0) is 29.0. The first-order valence-corrected chi connectivity index (χ1v) is 14.5. The lowest BCUT2D eigenvalue weighted by Crippen LogP contribution is -2.50. The normalized spacial score (nSPS) is 11.3. The van der Waals surface area contributed by atoms with Crippen LogP contribution in [-0.2, 0) is 11.2 Å². The van der Waals surface area contributed by atoms with E-state index in [2.05, 4.69) is 12.2 Å². The number of nitrogens with one attached hydrogen (secondary N) is 1. The molecule has 1 unspecified atom stereocenters. The molecule has 1 rings (SSSR count). The number of ether oxygens (including phenoxy) is 2. The van der Waals surface area contributed by atoms with Crippen LogP contribution in [0.25, 0.3) is 0 Å². The van der Waals surface area contributed by atoms with Crippen LogP contribution in [0, 0.1) is 0 Å². The van der Waals surface area contributed by atoms with Gasteiger partial charge in [-0.05, 0) is 64.7 Å². The summed E-state index contributed by atoms with van der Waals surface area (Å²) >= 11 is 0. The van der Waals surface area contributed by atoms with Crippen molar-refractivity contribution in [3.63, 3.8) is 0 Å². The average molecular weight is 514 g/mol. The van der Waals surface area contributed by atoms with Crippen LogP contribution in [0.4, 0.5) is 4.79 Å². The van der Waals surface area contributed by atoms with Crippen molar-refractivity contribution in [3.05, 3.63) is 29.8 Å². The maximum Gasteiger partial charge on any atom is 0.408 e. The minimum Gasteiger partial charge on any atom is -0.494 e. The first-order chi connectivity index (χ1) is 17.2. The lowest BCUT2D eigenvalue weighted by atomic mass is 9.94. The Labute approximate surface area is 225 Å². The second kappa shape index (κ2) is 27.8. The summed E-state index contributed by atoms with van der Waals surface area (Å²) in [5.74, 6) is 0.885. The van der Waals surface area contributed by atoms with E-state index in [1.165, 1.54) is 25.7 Å². The van der Waals surface area contributed by atoms with E-state index in [-0.39, 0.29) is 6.61 Å². The average Bonchev–Trinajstić information content (AvgIpc) is 2.89. The molecule has 0 spiro atoms. The standard InChI is InChI=1S/C23H39NO4.4C2H6/c1-6-7-8-9-10-17-27-20-13-11-19(12-14-20)15-16-23(5,18-25)24-21(26)28-22(2,3)4;4*1-2/h11-14,25H,6-10,15-18H2,1-5H3,(H,24,26);4*1-2H3. The molecular formula is C31H63NO4. The van der Waals surface area contributed by atoms with Crippen molar-refractivity contribution in [2.75, 3.05) is 13.2 Å². The van der Waals surface area contributed by atoms with Crippen LogP contribution in [0.1, 0.15) is 134 Å². The van der Waals surface area contributed by atoms with Gasteiger partial charge in [-0.1, -0.05) is 100 Å². The van der Waals surface area contributed by atoms with Gasteiger partial charge in [-0.25, -0.2) is 4.79 Å². The van der Waals surface area contributed by atoms with Gasteiger partial charge in [0, 0.05) is 0 Å². The van der Waals surface area contributed by atoms with Crippen LogP contribution in [0.15, 0.2) is 24.3 Å². The number of unbranched alkanes of at least 4 members (excludes halogenated alkanes) is 4. The van der Waals surface area contributed by atoms with Gasteiger partial charge in [0.1, 0.15) is 11.4 Å². The number of aliphatic hydroxyl groups is 1. The molecule has 0 fully saturated rings. The molecule has 0 saturated heterocycles. The molecule has 1 aromatic carbocycles. The second-order valence-corrected chi connectivity index (χ2v) is 8.75. The molecule has 1 aromatic rings. The van der Waals surface area contributed by atoms with Crippen molar-refractivity contribution >= 4 is 6.09 Å². The lowest BCUT2D eigenvalue weighted by Gasteiger charge is -2.30. The monoisotopic (exact) mass is 513 g/mol. The number of hydrogen-bond donors (Lipinski definition) is 2. The quantitative estimate of drug-likeness (QED) is 0.273. The summed E-state index contributed by atoms with van der Waals surface area (Å²) in [6.45, 7) is 26.1. The fraction of sp³-hybridized carbons (Fsp3) is 0.774. The number of amides is 1. The summed E-state index contributed by atoms with van der Waals surface area (Å²) in [4.78, 5) is 12.0. The molecule has 0 aliphatic rings. The maximum absolute atomic E-state index is 12.0. The zero-order valence-corrected chi connectivity index (χ0v) is 26.3. The van der Waals surface area contributed by atoms with Crippen LogP contribution in [0.3, 0.4) is 0 Å². The largest absolute Gasteiger partial charge is 0.494 e. The van der Waals surface area contributed by atoms with Gasteiger partial charge in [0.2, 0.25) is 0 Å². The third-order valence-corrected chi connectivity index (χ3v) is 4.56. The van der Waals surface area contributed by atoms with E-state index in [1.807, 2.05) is 107 Å². The van der Waals surface area contributed by atoms with Gasteiger partial charge < -0.3 is 19.9 Å². The highest BCUT2D eigenvalue weighted by atomic mass is 16.6. The first kappa shape index (κ1) is 41.4. The van der Waals surface area contributed by atoms with E-state index in [4.69, 9.17) is 9.47 Å². The highest BCUT2D eigenvalue weighted by molar-refractivity contribution is 5.68. The van der Waals surface area contributed by atoms with E-state index in [0.717, 1.165) is 30.8 Å². The fourth-order valence-corrected chi connectivity index (χ4v) is 2.80. The number of hydrogen-bond acceptors (Lipinski definition) is 4. The Kier molecular flexibility index (Phi) is 32.0. The molecule has 0 heterocycles. The SMILES string of the molecule is CC.CC.CC.CC.CCCCCCCOc1ccc(CCC(C)(CO)NC(=O)OC(C)(C)C)cc1. The lowest BCUT2D eigenvalue weighted by molar-refractivity contribution is 0.0407. The molecule has 2 N–H and O–H groups in total. The molecule has 0 aromatic heterocycles. The summed E-state index contributed by atoms with van der Waals surface area (Å²) in [6.07, 6.45) is 6.98. The Morgan fingerprint density at radius 3 is 1.78 bits per heavy atom. The molecule has 0 bridgehead atoms. The second-order valence-electron chi connectivity index (χ2n) is 8.75. The summed E-state index contributed by atoms with van der Waals surface area (Å²) in [6, 6.07) is 8.05.